The first-order valence-corrected chi connectivity index (χ1v) is 10.6. The molecule has 3 rings (SSSR count). The summed E-state index contributed by atoms with van der Waals surface area (Å²) in [7, 11) is -2.48. The van der Waals surface area contributed by atoms with Gasteiger partial charge >= 0.3 is 6.18 Å². The molecule has 0 bridgehead atoms. The summed E-state index contributed by atoms with van der Waals surface area (Å²) in [5, 5.41) is 3.08. The van der Waals surface area contributed by atoms with Crippen LogP contribution in [0.3, 0.4) is 0 Å². The predicted molar refractivity (Wildman–Crippen MR) is 98.5 cm³/mol. The summed E-state index contributed by atoms with van der Waals surface area (Å²) >= 11 is 0. The van der Waals surface area contributed by atoms with Crippen molar-refractivity contribution in [2.24, 2.45) is 7.05 Å². The largest absolute Gasteiger partial charge is 0.417 e. The number of ether oxygens (including phenoxy) is 1. The number of hydrogen-bond acceptors (Lipinski definition) is 4. The zero-order chi connectivity index (χ0) is 20.7. The summed E-state index contributed by atoms with van der Waals surface area (Å²) in [4.78, 5) is -0.664. The second-order valence-electron chi connectivity index (χ2n) is 7.40. The van der Waals surface area contributed by atoms with Crippen molar-refractivity contribution < 1.29 is 26.3 Å². The summed E-state index contributed by atoms with van der Waals surface area (Å²) in [6.45, 7) is 3.70. The first-order chi connectivity index (χ1) is 13.0. The third-order valence-electron chi connectivity index (χ3n) is 4.87. The first-order valence-electron chi connectivity index (χ1n) is 9.08. The van der Waals surface area contributed by atoms with E-state index in [0.29, 0.717) is 18.4 Å². The number of nitrogens with zero attached hydrogens (tertiary/aromatic N) is 2. The van der Waals surface area contributed by atoms with Crippen molar-refractivity contribution >= 4 is 9.84 Å². The van der Waals surface area contributed by atoms with Crippen LogP contribution in [-0.4, -0.2) is 35.7 Å². The minimum atomic E-state index is -4.78. The van der Waals surface area contributed by atoms with Gasteiger partial charge in [-0.15, -0.1) is 0 Å². The Hall–Kier alpha value is -1.87. The van der Waals surface area contributed by atoms with Gasteiger partial charge in [-0.2, -0.15) is 18.3 Å². The van der Waals surface area contributed by atoms with Gasteiger partial charge in [0, 0.05) is 18.8 Å². The van der Waals surface area contributed by atoms with Crippen LogP contribution in [0.1, 0.15) is 38.7 Å². The molecule has 1 aromatic heterocycles. The van der Waals surface area contributed by atoms with Gasteiger partial charge in [-0.1, -0.05) is 6.07 Å². The van der Waals surface area contributed by atoms with Crippen molar-refractivity contribution in [1.29, 1.82) is 0 Å². The van der Waals surface area contributed by atoms with Gasteiger partial charge in [0.1, 0.15) is 0 Å². The Kier molecular flexibility index (Phi) is 5.60. The van der Waals surface area contributed by atoms with E-state index >= 15 is 0 Å². The van der Waals surface area contributed by atoms with Crippen LogP contribution >= 0.6 is 0 Å². The minimum absolute atomic E-state index is 0.0593. The van der Waals surface area contributed by atoms with Crippen LogP contribution in [0, 0.1) is 0 Å². The number of benzene rings is 1. The smallest absolute Gasteiger partial charge is 0.376 e. The molecule has 2 atom stereocenters. The molecule has 5 nitrogen and oxygen atoms in total. The maximum Gasteiger partial charge on any atom is 0.417 e. The Labute approximate surface area is 162 Å². The number of hydrogen-bond donors (Lipinski definition) is 0. The SMILES string of the molecule is CC(C)O[C@@H]1CC[C@@H](S(=O)(=O)c2ccc(-c3cnn(C)c3)cc2C(F)(F)F)C1. The van der Waals surface area contributed by atoms with Crippen LogP contribution in [0.15, 0.2) is 35.5 Å². The zero-order valence-corrected chi connectivity index (χ0v) is 16.7. The van der Waals surface area contributed by atoms with Crippen LogP contribution in [0.2, 0.25) is 0 Å². The van der Waals surface area contributed by atoms with E-state index in [1.807, 2.05) is 13.8 Å². The molecule has 1 aromatic carbocycles. The molecule has 0 radical (unpaired) electrons. The number of alkyl halides is 3. The number of aromatic nitrogens is 2. The molecule has 1 aliphatic rings. The fourth-order valence-corrected chi connectivity index (χ4v) is 5.63. The molecule has 0 saturated heterocycles. The summed E-state index contributed by atoms with van der Waals surface area (Å²) in [5.74, 6) is 0. The average Bonchev–Trinajstić information content (AvgIpc) is 3.22. The maximum absolute atomic E-state index is 13.7. The van der Waals surface area contributed by atoms with Crippen molar-refractivity contribution in [3.8, 4) is 11.1 Å². The first kappa shape index (κ1) is 20.9. The van der Waals surface area contributed by atoms with E-state index in [1.54, 1.807) is 13.2 Å². The van der Waals surface area contributed by atoms with E-state index in [-0.39, 0.29) is 24.2 Å². The van der Waals surface area contributed by atoms with Gasteiger partial charge in [-0.25, -0.2) is 8.42 Å². The molecular formula is C19H23F3N2O3S. The molecule has 1 aliphatic carbocycles. The Morgan fingerprint density at radius 3 is 2.50 bits per heavy atom. The molecule has 28 heavy (non-hydrogen) atoms. The van der Waals surface area contributed by atoms with Crippen molar-refractivity contribution in [2.45, 2.75) is 61.6 Å². The quantitative estimate of drug-likeness (QED) is 0.732. The molecule has 154 valence electrons. The second kappa shape index (κ2) is 7.51. The Bertz CT molecular complexity index is 952. The van der Waals surface area contributed by atoms with Crippen molar-refractivity contribution in [3.63, 3.8) is 0 Å². The highest BCUT2D eigenvalue weighted by molar-refractivity contribution is 7.92. The fourth-order valence-electron chi connectivity index (χ4n) is 3.62. The molecule has 0 N–H and O–H groups in total. The lowest BCUT2D eigenvalue weighted by Gasteiger charge is -2.19. The molecule has 1 saturated carbocycles. The standard InChI is InChI=1S/C19H23F3N2O3S/c1-12(2)27-15-5-6-16(9-15)28(25,26)18-7-4-13(8-17(18)19(20,21)22)14-10-23-24(3)11-14/h4,7-8,10-12,15-16H,5-6,9H2,1-3H3/t15-,16-/m1/s1. The average molecular weight is 416 g/mol. The molecule has 0 aliphatic heterocycles. The van der Waals surface area contributed by atoms with Crippen LogP contribution in [0.25, 0.3) is 11.1 Å². The van der Waals surface area contributed by atoms with Gasteiger partial charge in [-0.3, -0.25) is 4.68 Å². The van der Waals surface area contributed by atoms with Gasteiger partial charge in [0.25, 0.3) is 0 Å². The molecule has 1 heterocycles. The van der Waals surface area contributed by atoms with Crippen molar-refractivity contribution in [1.82, 2.24) is 9.78 Å². The van der Waals surface area contributed by atoms with E-state index < -0.39 is 31.7 Å². The van der Waals surface area contributed by atoms with E-state index in [0.717, 1.165) is 12.1 Å². The molecule has 0 spiro atoms. The summed E-state index contributed by atoms with van der Waals surface area (Å²) in [5.41, 5.74) is -0.378. The van der Waals surface area contributed by atoms with Gasteiger partial charge in [0.05, 0.1) is 34.1 Å². The Balaban J connectivity index is 1.98. The van der Waals surface area contributed by atoms with Gasteiger partial charge in [0.15, 0.2) is 9.84 Å². The monoisotopic (exact) mass is 416 g/mol. The van der Waals surface area contributed by atoms with Crippen LogP contribution in [0.5, 0.6) is 0 Å². The maximum atomic E-state index is 13.7. The normalized spacial score (nSPS) is 20.8. The van der Waals surface area contributed by atoms with Crippen molar-refractivity contribution in [3.05, 3.63) is 36.2 Å². The molecule has 0 unspecified atom stereocenters. The summed E-state index contributed by atoms with van der Waals surface area (Å²) < 4.78 is 74.3. The van der Waals surface area contributed by atoms with Crippen LogP contribution in [-0.2, 0) is 27.8 Å². The molecule has 2 aromatic rings. The summed E-state index contributed by atoms with van der Waals surface area (Å²) in [6, 6.07) is 3.36. The second-order valence-corrected chi connectivity index (χ2v) is 9.59. The van der Waals surface area contributed by atoms with Gasteiger partial charge in [0.2, 0.25) is 0 Å². The fraction of sp³-hybridized carbons (Fsp3) is 0.526. The number of sulfone groups is 1. The Morgan fingerprint density at radius 1 is 1.21 bits per heavy atom. The Morgan fingerprint density at radius 2 is 1.93 bits per heavy atom. The molecule has 1 fully saturated rings. The minimum Gasteiger partial charge on any atom is -0.376 e. The molecule has 9 heteroatoms. The van der Waals surface area contributed by atoms with E-state index in [2.05, 4.69) is 5.10 Å². The van der Waals surface area contributed by atoms with E-state index in [1.165, 1.54) is 16.9 Å². The van der Waals surface area contributed by atoms with E-state index in [9.17, 15) is 21.6 Å². The lowest BCUT2D eigenvalue weighted by Crippen LogP contribution is -2.24. The number of aryl methyl sites for hydroxylation is 1. The predicted octanol–water partition coefficient (Wildman–Crippen LogP) is 4.23. The molecule has 0 amide bonds. The highest BCUT2D eigenvalue weighted by Gasteiger charge is 2.42. The zero-order valence-electron chi connectivity index (χ0n) is 15.9. The van der Waals surface area contributed by atoms with Crippen molar-refractivity contribution in [2.75, 3.05) is 0 Å². The van der Waals surface area contributed by atoms with Crippen LogP contribution in [0.4, 0.5) is 13.2 Å². The highest BCUT2D eigenvalue weighted by atomic mass is 32.2. The third-order valence-corrected chi connectivity index (χ3v) is 7.14. The number of rotatable bonds is 5. The van der Waals surface area contributed by atoms with Gasteiger partial charge < -0.3 is 4.74 Å². The lowest BCUT2D eigenvalue weighted by molar-refractivity contribution is -0.139. The highest BCUT2D eigenvalue weighted by Crippen LogP contribution is 2.40. The topological polar surface area (TPSA) is 61.2 Å². The third kappa shape index (κ3) is 4.25. The van der Waals surface area contributed by atoms with Gasteiger partial charge in [-0.05, 0) is 50.8 Å². The summed E-state index contributed by atoms with van der Waals surface area (Å²) in [6.07, 6.45) is -1.05. The number of halogens is 3. The molecular weight excluding hydrogens is 393 g/mol. The lowest BCUT2D eigenvalue weighted by atomic mass is 10.1. The van der Waals surface area contributed by atoms with Crippen LogP contribution < -0.4 is 0 Å². The van der Waals surface area contributed by atoms with E-state index in [4.69, 9.17) is 4.74 Å².